The van der Waals surface area contributed by atoms with Gasteiger partial charge in [-0.3, -0.25) is 4.79 Å². The van der Waals surface area contributed by atoms with Crippen LogP contribution < -0.4 is 5.32 Å². The number of carbonyl (C=O) groups is 1. The summed E-state index contributed by atoms with van der Waals surface area (Å²) in [5.74, 6) is 1.02. The molecular weight excluding hydrogens is 88.9 g/mol. The van der Waals surface area contributed by atoms with Crippen molar-refractivity contribution in [3.05, 3.63) is 12.1 Å². The maximum absolute atomic E-state index is 10.1. The van der Waals surface area contributed by atoms with Crippen LogP contribution >= 0.6 is 0 Å². The lowest BCUT2D eigenvalue weighted by atomic mass is 10.1. The molecule has 0 aliphatic rings. The zero-order valence-corrected chi connectivity index (χ0v) is 4.14. The van der Waals surface area contributed by atoms with Gasteiger partial charge in [0, 0.05) is 7.05 Å². The molecule has 0 heterocycles. The van der Waals surface area contributed by atoms with Crippen LogP contribution in [0.2, 0.25) is 0 Å². The zero-order chi connectivity index (χ0) is 5.70. The molecule has 0 rings (SSSR count). The van der Waals surface area contributed by atoms with E-state index in [1.807, 2.05) is 0 Å². The maximum atomic E-state index is 10.1. The van der Waals surface area contributed by atoms with E-state index in [-0.39, 0.29) is 5.91 Å². The fourth-order valence-corrected chi connectivity index (χ4v) is 0.171. The molecule has 0 atom stereocenters. The van der Waals surface area contributed by atoms with Crippen molar-refractivity contribution in [1.29, 1.82) is 0 Å². The van der Waals surface area contributed by atoms with Crippen LogP contribution in [0.5, 0.6) is 0 Å². The first-order chi connectivity index (χ1) is 3.31. The second kappa shape index (κ2) is 3.46. The van der Waals surface area contributed by atoms with Gasteiger partial charge in [0.25, 0.3) is 0 Å². The molecular formula is C4H6BNO. The molecule has 0 fully saturated rings. The molecule has 3 heteroatoms. The third kappa shape index (κ3) is 3.10. The number of carbonyl (C=O) groups excluding carboxylic acids is 1. The van der Waals surface area contributed by atoms with Crippen LogP contribution in [0, 0.1) is 0 Å². The number of hydrogen-bond acceptors (Lipinski definition) is 1. The Hall–Kier alpha value is -0.725. The molecule has 7 heavy (non-hydrogen) atoms. The van der Waals surface area contributed by atoms with Crippen molar-refractivity contribution >= 4 is 13.8 Å². The van der Waals surface area contributed by atoms with Gasteiger partial charge in [-0.1, -0.05) is 0 Å². The first-order valence-corrected chi connectivity index (χ1v) is 1.91. The Morgan fingerprint density at radius 3 is 2.57 bits per heavy atom. The fourth-order valence-electron chi connectivity index (χ4n) is 0.171. The minimum Gasteiger partial charge on any atom is -0.356 e. The van der Waals surface area contributed by atoms with Crippen molar-refractivity contribution in [1.82, 2.24) is 5.32 Å². The van der Waals surface area contributed by atoms with Crippen LogP contribution in [0.1, 0.15) is 0 Å². The molecule has 0 aliphatic heterocycles. The molecule has 0 spiro atoms. The molecule has 2 radical (unpaired) electrons. The van der Waals surface area contributed by atoms with E-state index in [9.17, 15) is 4.79 Å². The number of likely N-dealkylation sites (N-methyl/N-ethyl adjacent to an activating group) is 1. The largest absolute Gasteiger partial charge is 0.356 e. The van der Waals surface area contributed by atoms with Crippen molar-refractivity contribution in [2.24, 2.45) is 0 Å². The summed E-state index contributed by atoms with van der Waals surface area (Å²) >= 11 is 0. The second-order valence-corrected chi connectivity index (χ2v) is 0.973. The zero-order valence-electron chi connectivity index (χ0n) is 4.14. The fraction of sp³-hybridized carbons (Fsp3) is 0.250. The van der Waals surface area contributed by atoms with Crippen molar-refractivity contribution in [3.63, 3.8) is 0 Å². The van der Waals surface area contributed by atoms with E-state index < -0.39 is 0 Å². The highest BCUT2D eigenvalue weighted by Crippen LogP contribution is 1.62. The van der Waals surface area contributed by atoms with Crippen LogP contribution in [0.3, 0.4) is 0 Å². The first kappa shape index (κ1) is 6.27. The minimum absolute atomic E-state index is 0.178. The molecule has 36 valence electrons. The van der Waals surface area contributed by atoms with Crippen LogP contribution in [0.4, 0.5) is 0 Å². The number of hydrogen-bond donors (Lipinski definition) is 1. The van der Waals surface area contributed by atoms with Crippen molar-refractivity contribution < 1.29 is 4.79 Å². The van der Waals surface area contributed by atoms with Crippen molar-refractivity contribution in [2.45, 2.75) is 0 Å². The van der Waals surface area contributed by atoms with E-state index in [0.29, 0.717) is 0 Å². The third-order valence-electron chi connectivity index (χ3n) is 0.494. The lowest BCUT2D eigenvalue weighted by molar-refractivity contribution is -0.116. The normalized spacial score (nSPS) is 9.29. The summed E-state index contributed by atoms with van der Waals surface area (Å²) in [6, 6.07) is 0. The SMILES string of the molecule is [B]/C=C\C(=O)NC. The quantitative estimate of drug-likeness (QED) is 0.342. The summed E-state index contributed by atoms with van der Waals surface area (Å²) in [4.78, 5) is 10.1. The van der Waals surface area contributed by atoms with Crippen molar-refractivity contribution in [2.75, 3.05) is 7.05 Å². The van der Waals surface area contributed by atoms with Gasteiger partial charge in [-0.2, -0.15) is 0 Å². The van der Waals surface area contributed by atoms with Gasteiger partial charge < -0.3 is 5.32 Å². The molecule has 1 N–H and O–H groups in total. The van der Waals surface area contributed by atoms with E-state index in [2.05, 4.69) is 5.32 Å². The summed E-state index contributed by atoms with van der Waals surface area (Å²) in [6.45, 7) is 0. The summed E-state index contributed by atoms with van der Waals surface area (Å²) in [5.41, 5.74) is 0. The van der Waals surface area contributed by atoms with Crippen LogP contribution in [0.15, 0.2) is 12.1 Å². The first-order valence-electron chi connectivity index (χ1n) is 1.91. The monoisotopic (exact) mass is 95.1 g/mol. The molecule has 0 aromatic heterocycles. The molecule has 2 nitrogen and oxygen atoms in total. The highest BCUT2D eigenvalue weighted by atomic mass is 16.1. The number of amides is 1. The van der Waals surface area contributed by atoms with Crippen LogP contribution in [-0.4, -0.2) is 20.8 Å². The lowest BCUT2D eigenvalue weighted by Crippen LogP contribution is -2.13. The Morgan fingerprint density at radius 2 is 2.43 bits per heavy atom. The molecule has 0 aromatic rings. The van der Waals surface area contributed by atoms with Gasteiger partial charge in [-0.15, -0.1) is 5.98 Å². The van der Waals surface area contributed by atoms with E-state index in [1.54, 1.807) is 7.05 Å². The average Bonchev–Trinajstić information content (AvgIpc) is 1.68. The predicted molar refractivity (Wildman–Crippen MR) is 29.0 cm³/mol. The Balaban J connectivity index is 3.37. The molecule has 0 saturated heterocycles. The van der Waals surface area contributed by atoms with Crippen LogP contribution in [0.25, 0.3) is 0 Å². The molecule has 0 saturated carbocycles. The van der Waals surface area contributed by atoms with Gasteiger partial charge >= 0.3 is 0 Å². The smallest absolute Gasteiger partial charge is 0.242 e. The lowest BCUT2D eigenvalue weighted by Gasteiger charge is -1.84. The number of nitrogens with one attached hydrogen (secondary N) is 1. The average molecular weight is 94.9 g/mol. The standard InChI is InChI=1S/C4H6BNO/c1-6-4(7)2-3-5/h2-3H,1H3,(H,6,7)/b3-2-. The van der Waals surface area contributed by atoms with Gasteiger partial charge in [0.05, 0.1) is 0 Å². The predicted octanol–water partition coefficient (Wildman–Crippen LogP) is -0.585. The Morgan fingerprint density at radius 1 is 1.86 bits per heavy atom. The highest BCUT2D eigenvalue weighted by molar-refractivity contribution is 6.18. The van der Waals surface area contributed by atoms with Gasteiger partial charge in [0.1, 0.15) is 7.85 Å². The van der Waals surface area contributed by atoms with Crippen molar-refractivity contribution in [3.8, 4) is 0 Å². The molecule has 0 aromatic carbocycles. The molecule has 1 amide bonds. The molecule has 0 unspecified atom stereocenters. The number of rotatable bonds is 1. The summed E-state index contributed by atoms with van der Waals surface area (Å²) in [6.07, 6.45) is 1.25. The Labute approximate surface area is 44.0 Å². The third-order valence-corrected chi connectivity index (χ3v) is 0.494. The second-order valence-electron chi connectivity index (χ2n) is 0.973. The van der Waals surface area contributed by atoms with Gasteiger partial charge in [-0.25, -0.2) is 0 Å². The summed E-state index contributed by atoms with van der Waals surface area (Å²) in [5, 5.41) is 2.36. The van der Waals surface area contributed by atoms with E-state index in [4.69, 9.17) is 7.85 Å². The minimum atomic E-state index is -0.178. The Bertz CT molecular complexity index is 89.7. The molecule has 0 bridgehead atoms. The van der Waals surface area contributed by atoms with E-state index in [1.165, 1.54) is 12.1 Å². The summed E-state index contributed by atoms with van der Waals surface area (Å²) < 4.78 is 0. The van der Waals surface area contributed by atoms with Gasteiger partial charge in [-0.05, 0) is 6.08 Å². The maximum Gasteiger partial charge on any atom is 0.242 e. The van der Waals surface area contributed by atoms with E-state index in [0.717, 1.165) is 0 Å². The summed E-state index contributed by atoms with van der Waals surface area (Å²) in [7, 11) is 6.41. The van der Waals surface area contributed by atoms with Gasteiger partial charge in [0.15, 0.2) is 0 Å². The van der Waals surface area contributed by atoms with Gasteiger partial charge in [0.2, 0.25) is 5.91 Å². The topological polar surface area (TPSA) is 29.1 Å². The Kier molecular flexibility index (Phi) is 3.11. The van der Waals surface area contributed by atoms with E-state index >= 15 is 0 Å². The molecule has 0 aliphatic carbocycles. The highest BCUT2D eigenvalue weighted by Gasteiger charge is 1.80. The van der Waals surface area contributed by atoms with Crippen LogP contribution in [-0.2, 0) is 4.79 Å².